The van der Waals surface area contributed by atoms with Crippen LogP contribution < -0.4 is 15.4 Å². The van der Waals surface area contributed by atoms with Crippen LogP contribution in [0.5, 0.6) is 5.75 Å². The minimum Gasteiger partial charge on any atom is -0.492 e. The SMILES string of the molecule is CC(C)(C)OC(=O)NCCC(=O)NCCOc1ccccc1. The van der Waals surface area contributed by atoms with Crippen molar-refractivity contribution in [3.8, 4) is 5.75 Å². The van der Waals surface area contributed by atoms with Crippen LogP contribution in [-0.2, 0) is 9.53 Å². The molecular formula is C16H24N2O4. The Balaban J connectivity index is 2.05. The summed E-state index contributed by atoms with van der Waals surface area (Å²) in [5, 5.41) is 5.25. The molecule has 1 rings (SSSR count). The molecule has 0 saturated heterocycles. The van der Waals surface area contributed by atoms with E-state index in [1.165, 1.54) is 0 Å². The number of ether oxygens (including phenoxy) is 2. The molecule has 0 atom stereocenters. The molecule has 122 valence electrons. The Kier molecular flexibility index (Phi) is 7.22. The molecule has 0 unspecified atom stereocenters. The zero-order chi connectivity index (χ0) is 16.4. The topological polar surface area (TPSA) is 76.7 Å². The van der Waals surface area contributed by atoms with Crippen molar-refractivity contribution in [2.45, 2.75) is 32.8 Å². The number of rotatable bonds is 7. The Hall–Kier alpha value is -2.24. The Bertz CT molecular complexity index is 469. The highest BCUT2D eigenvalue weighted by Crippen LogP contribution is 2.07. The van der Waals surface area contributed by atoms with Crippen LogP contribution in [0.1, 0.15) is 27.2 Å². The van der Waals surface area contributed by atoms with Gasteiger partial charge in [-0.2, -0.15) is 0 Å². The molecule has 1 aromatic carbocycles. The van der Waals surface area contributed by atoms with Gasteiger partial charge >= 0.3 is 6.09 Å². The fourth-order valence-electron chi connectivity index (χ4n) is 1.56. The van der Waals surface area contributed by atoms with E-state index >= 15 is 0 Å². The second kappa shape index (κ2) is 8.92. The minimum absolute atomic E-state index is 0.146. The molecule has 0 fully saturated rings. The largest absolute Gasteiger partial charge is 0.492 e. The predicted octanol–water partition coefficient (Wildman–Crippen LogP) is 2.10. The van der Waals surface area contributed by atoms with Crippen molar-refractivity contribution in [2.24, 2.45) is 0 Å². The molecular weight excluding hydrogens is 284 g/mol. The van der Waals surface area contributed by atoms with Gasteiger partial charge in [0.25, 0.3) is 0 Å². The van der Waals surface area contributed by atoms with Crippen LogP contribution in [0.2, 0.25) is 0 Å². The fourth-order valence-corrected chi connectivity index (χ4v) is 1.56. The first kappa shape index (κ1) is 17.8. The van der Waals surface area contributed by atoms with Crippen molar-refractivity contribution < 1.29 is 19.1 Å². The van der Waals surface area contributed by atoms with E-state index in [1.807, 2.05) is 30.3 Å². The average molecular weight is 308 g/mol. The lowest BCUT2D eigenvalue weighted by atomic mass is 10.2. The van der Waals surface area contributed by atoms with Gasteiger partial charge < -0.3 is 20.1 Å². The minimum atomic E-state index is -0.541. The first-order valence-electron chi connectivity index (χ1n) is 7.28. The lowest BCUT2D eigenvalue weighted by Gasteiger charge is -2.19. The standard InChI is InChI=1S/C16H24N2O4/c1-16(2,3)22-15(20)18-10-9-14(19)17-11-12-21-13-7-5-4-6-8-13/h4-8H,9-12H2,1-3H3,(H,17,19)(H,18,20). The van der Waals surface area contributed by atoms with Gasteiger partial charge in [-0.05, 0) is 32.9 Å². The Labute approximate surface area is 131 Å². The van der Waals surface area contributed by atoms with Gasteiger partial charge in [0.2, 0.25) is 5.91 Å². The van der Waals surface area contributed by atoms with E-state index in [-0.39, 0.29) is 18.9 Å². The Morgan fingerprint density at radius 2 is 1.73 bits per heavy atom. The van der Waals surface area contributed by atoms with Crippen LogP contribution in [0.3, 0.4) is 0 Å². The first-order chi connectivity index (χ1) is 10.4. The van der Waals surface area contributed by atoms with E-state index in [9.17, 15) is 9.59 Å². The summed E-state index contributed by atoms with van der Waals surface area (Å²) in [4.78, 5) is 22.9. The lowest BCUT2D eigenvalue weighted by molar-refractivity contribution is -0.121. The van der Waals surface area contributed by atoms with Gasteiger partial charge in [-0.15, -0.1) is 0 Å². The van der Waals surface area contributed by atoms with E-state index in [4.69, 9.17) is 9.47 Å². The van der Waals surface area contributed by atoms with Crippen molar-refractivity contribution in [3.63, 3.8) is 0 Å². The summed E-state index contributed by atoms with van der Waals surface area (Å²) < 4.78 is 10.5. The number of carbonyl (C=O) groups is 2. The van der Waals surface area contributed by atoms with E-state index in [2.05, 4.69) is 10.6 Å². The molecule has 0 aromatic heterocycles. The number of nitrogens with one attached hydrogen (secondary N) is 2. The van der Waals surface area contributed by atoms with Gasteiger partial charge in [-0.1, -0.05) is 18.2 Å². The number of amides is 2. The van der Waals surface area contributed by atoms with E-state index in [0.717, 1.165) is 5.75 Å². The number of carbonyl (C=O) groups excluding carboxylic acids is 2. The van der Waals surface area contributed by atoms with Crippen molar-refractivity contribution in [1.29, 1.82) is 0 Å². The van der Waals surface area contributed by atoms with E-state index in [0.29, 0.717) is 13.2 Å². The fraction of sp³-hybridized carbons (Fsp3) is 0.500. The normalized spacial score (nSPS) is 10.7. The second-order valence-electron chi connectivity index (χ2n) is 5.69. The van der Waals surface area contributed by atoms with Crippen molar-refractivity contribution in [3.05, 3.63) is 30.3 Å². The number of alkyl carbamates (subject to hydrolysis) is 1. The van der Waals surface area contributed by atoms with Gasteiger partial charge in [0.15, 0.2) is 0 Å². The summed E-state index contributed by atoms with van der Waals surface area (Å²) in [7, 11) is 0. The smallest absolute Gasteiger partial charge is 0.407 e. The quantitative estimate of drug-likeness (QED) is 0.756. The number of hydrogen-bond acceptors (Lipinski definition) is 4. The molecule has 2 N–H and O–H groups in total. The summed E-state index contributed by atoms with van der Waals surface area (Å²) >= 11 is 0. The van der Waals surface area contributed by atoms with E-state index < -0.39 is 11.7 Å². The zero-order valence-electron chi connectivity index (χ0n) is 13.3. The van der Waals surface area contributed by atoms with Gasteiger partial charge in [-0.25, -0.2) is 4.79 Å². The maximum absolute atomic E-state index is 11.6. The third kappa shape index (κ3) is 8.84. The second-order valence-corrected chi connectivity index (χ2v) is 5.69. The van der Waals surface area contributed by atoms with Crippen LogP contribution in [-0.4, -0.2) is 37.3 Å². The molecule has 6 nitrogen and oxygen atoms in total. The van der Waals surface area contributed by atoms with Crippen LogP contribution in [0.15, 0.2) is 30.3 Å². The Morgan fingerprint density at radius 1 is 1.05 bits per heavy atom. The van der Waals surface area contributed by atoms with Crippen molar-refractivity contribution in [1.82, 2.24) is 10.6 Å². The summed E-state index contributed by atoms with van der Waals surface area (Å²) in [6, 6.07) is 9.39. The summed E-state index contributed by atoms with van der Waals surface area (Å²) in [6.07, 6.45) is -0.322. The molecule has 0 aliphatic rings. The van der Waals surface area contributed by atoms with Crippen LogP contribution in [0.25, 0.3) is 0 Å². The molecule has 0 saturated carbocycles. The van der Waals surface area contributed by atoms with Gasteiger partial charge in [0.05, 0.1) is 6.54 Å². The molecule has 2 amide bonds. The van der Waals surface area contributed by atoms with Crippen LogP contribution >= 0.6 is 0 Å². The van der Waals surface area contributed by atoms with Gasteiger partial charge in [-0.3, -0.25) is 4.79 Å². The molecule has 0 spiro atoms. The maximum Gasteiger partial charge on any atom is 0.407 e. The molecule has 0 aliphatic carbocycles. The molecule has 0 heterocycles. The third-order valence-electron chi connectivity index (χ3n) is 2.46. The highest BCUT2D eigenvalue weighted by Gasteiger charge is 2.15. The van der Waals surface area contributed by atoms with Crippen molar-refractivity contribution in [2.75, 3.05) is 19.7 Å². The van der Waals surface area contributed by atoms with Crippen LogP contribution in [0.4, 0.5) is 4.79 Å². The predicted molar refractivity (Wildman–Crippen MR) is 83.8 cm³/mol. The lowest BCUT2D eigenvalue weighted by Crippen LogP contribution is -2.35. The molecule has 1 aromatic rings. The van der Waals surface area contributed by atoms with Crippen molar-refractivity contribution >= 4 is 12.0 Å². The summed E-state index contributed by atoms with van der Waals surface area (Å²) in [5.74, 6) is 0.621. The van der Waals surface area contributed by atoms with Gasteiger partial charge in [0.1, 0.15) is 18.0 Å². The van der Waals surface area contributed by atoms with Crippen LogP contribution in [0, 0.1) is 0 Å². The first-order valence-corrected chi connectivity index (χ1v) is 7.28. The monoisotopic (exact) mass is 308 g/mol. The third-order valence-corrected chi connectivity index (χ3v) is 2.46. The highest BCUT2D eigenvalue weighted by molar-refractivity contribution is 5.77. The number of para-hydroxylation sites is 1. The number of benzene rings is 1. The number of hydrogen-bond donors (Lipinski definition) is 2. The molecule has 0 radical (unpaired) electrons. The average Bonchev–Trinajstić information content (AvgIpc) is 2.43. The maximum atomic E-state index is 11.6. The molecule has 0 aliphatic heterocycles. The summed E-state index contributed by atoms with van der Waals surface area (Å²) in [5.41, 5.74) is -0.541. The Morgan fingerprint density at radius 3 is 2.36 bits per heavy atom. The molecule has 22 heavy (non-hydrogen) atoms. The van der Waals surface area contributed by atoms with E-state index in [1.54, 1.807) is 20.8 Å². The molecule has 6 heteroatoms. The van der Waals surface area contributed by atoms with Gasteiger partial charge in [0, 0.05) is 13.0 Å². The zero-order valence-corrected chi connectivity index (χ0v) is 13.3. The highest BCUT2D eigenvalue weighted by atomic mass is 16.6. The summed E-state index contributed by atoms with van der Waals surface area (Å²) in [6.45, 7) is 6.40. The molecule has 0 bridgehead atoms.